The maximum absolute atomic E-state index is 10.5. The fourth-order valence-electron chi connectivity index (χ4n) is 3.46. The maximum Gasteiger partial charge on any atom is 0.303 e. The first-order valence-electron chi connectivity index (χ1n) is 9.27. The lowest BCUT2D eigenvalue weighted by molar-refractivity contribution is -0.137. The fraction of sp³-hybridized carbons (Fsp3) is 0.750. The summed E-state index contributed by atoms with van der Waals surface area (Å²) in [6.45, 7) is 2.18. The van der Waals surface area contributed by atoms with E-state index in [0.29, 0.717) is 6.42 Å². The molecule has 0 aromatic rings. The molecule has 1 N–H and O–H groups in total. The molecule has 0 amide bonds. The number of aliphatic carboxylic acids is 1. The molecule has 0 aromatic heterocycles. The number of carbonyl (C=O) groups is 1. The molecule has 0 unspecified atom stereocenters. The van der Waals surface area contributed by atoms with Crippen LogP contribution in [0.1, 0.15) is 84.0 Å². The largest absolute Gasteiger partial charge is 0.481 e. The Balaban J connectivity index is 2.10. The molecule has 126 valence electrons. The summed E-state index contributed by atoms with van der Waals surface area (Å²) in [6.07, 6.45) is 23.1. The Morgan fingerprint density at radius 3 is 2.59 bits per heavy atom. The van der Waals surface area contributed by atoms with Crippen LogP contribution in [-0.4, -0.2) is 11.1 Å². The molecule has 1 saturated carbocycles. The monoisotopic (exact) mass is 306 g/mol. The molecule has 22 heavy (non-hydrogen) atoms. The summed E-state index contributed by atoms with van der Waals surface area (Å²) in [5, 5.41) is 8.62. The van der Waals surface area contributed by atoms with Crippen LogP contribution in [0, 0.1) is 11.8 Å². The Morgan fingerprint density at radius 1 is 1.05 bits per heavy atom. The molecule has 0 spiro atoms. The van der Waals surface area contributed by atoms with Crippen LogP contribution in [0.4, 0.5) is 0 Å². The van der Waals surface area contributed by atoms with Crippen LogP contribution in [0.3, 0.4) is 0 Å². The normalized spacial score (nSPS) is 22.0. The van der Waals surface area contributed by atoms with E-state index in [1.165, 1.54) is 51.4 Å². The molecule has 2 heteroatoms. The first-order valence-corrected chi connectivity index (χ1v) is 9.27. The van der Waals surface area contributed by atoms with Crippen LogP contribution in [0.25, 0.3) is 0 Å². The zero-order chi connectivity index (χ0) is 16.0. The maximum atomic E-state index is 10.5. The number of allylic oxidation sites excluding steroid dienone is 4. The van der Waals surface area contributed by atoms with E-state index in [-0.39, 0.29) is 0 Å². The quantitative estimate of drug-likeness (QED) is 0.348. The van der Waals surface area contributed by atoms with E-state index in [9.17, 15) is 4.79 Å². The molecule has 2 nitrogen and oxygen atoms in total. The number of unbranched alkanes of at least 4 members (excludes halogenated alkanes) is 4. The van der Waals surface area contributed by atoms with Gasteiger partial charge in [0.15, 0.2) is 0 Å². The summed E-state index contributed by atoms with van der Waals surface area (Å²) < 4.78 is 0. The zero-order valence-corrected chi connectivity index (χ0v) is 14.3. The summed E-state index contributed by atoms with van der Waals surface area (Å²) in [7, 11) is 0. The second kappa shape index (κ2) is 12.5. The Morgan fingerprint density at radius 2 is 1.82 bits per heavy atom. The molecule has 1 fully saturated rings. The molecule has 1 aliphatic carbocycles. The molecule has 0 aliphatic heterocycles. The SMILES string of the molecule is CC/C=C\CC/C=C/[C@H]1CCC[C@@H]1CCCCCCC(=O)O. The Bertz CT molecular complexity index is 344. The number of carboxylic acid groups (broad SMARTS) is 1. The topological polar surface area (TPSA) is 37.3 Å². The lowest BCUT2D eigenvalue weighted by Crippen LogP contribution is -2.05. The molecule has 1 aliphatic rings. The van der Waals surface area contributed by atoms with Crippen molar-refractivity contribution in [3.63, 3.8) is 0 Å². The van der Waals surface area contributed by atoms with Crippen molar-refractivity contribution in [3.05, 3.63) is 24.3 Å². The van der Waals surface area contributed by atoms with Gasteiger partial charge in [0.25, 0.3) is 0 Å². The number of hydrogen-bond acceptors (Lipinski definition) is 1. The van der Waals surface area contributed by atoms with E-state index >= 15 is 0 Å². The molecule has 0 heterocycles. The van der Waals surface area contributed by atoms with Crippen molar-refractivity contribution in [2.24, 2.45) is 11.8 Å². The summed E-state index contributed by atoms with van der Waals surface area (Å²) >= 11 is 0. The van der Waals surface area contributed by atoms with Gasteiger partial charge in [-0.15, -0.1) is 0 Å². The number of hydrogen-bond donors (Lipinski definition) is 1. The highest BCUT2D eigenvalue weighted by Gasteiger charge is 2.24. The van der Waals surface area contributed by atoms with Gasteiger partial charge in [0.2, 0.25) is 0 Å². The van der Waals surface area contributed by atoms with Crippen molar-refractivity contribution >= 4 is 5.97 Å². The minimum atomic E-state index is -0.658. The summed E-state index contributed by atoms with van der Waals surface area (Å²) in [5.74, 6) is 1.02. The second-order valence-electron chi connectivity index (χ2n) is 6.59. The van der Waals surface area contributed by atoms with Gasteiger partial charge in [0.1, 0.15) is 0 Å². The van der Waals surface area contributed by atoms with E-state index in [1.807, 2.05) is 0 Å². The zero-order valence-electron chi connectivity index (χ0n) is 14.3. The van der Waals surface area contributed by atoms with Crippen molar-refractivity contribution < 1.29 is 9.90 Å². The number of rotatable bonds is 12. The van der Waals surface area contributed by atoms with Gasteiger partial charge >= 0.3 is 5.97 Å². The van der Waals surface area contributed by atoms with Gasteiger partial charge in [-0.2, -0.15) is 0 Å². The highest BCUT2D eigenvalue weighted by Crippen LogP contribution is 2.36. The van der Waals surface area contributed by atoms with Crippen LogP contribution in [-0.2, 0) is 4.79 Å². The van der Waals surface area contributed by atoms with E-state index in [2.05, 4.69) is 31.2 Å². The van der Waals surface area contributed by atoms with Crippen molar-refractivity contribution in [2.45, 2.75) is 84.0 Å². The molecule has 0 bridgehead atoms. The third-order valence-corrected chi connectivity index (χ3v) is 4.72. The molecule has 0 radical (unpaired) electrons. The minimum absolute atomic E-state index is 0.335. The molecule has 0 aromatic carbocycles. The van der Waals surface area contributed by atoms with Gasteiger partial charge in [0, 0.05) is 6.42 Å². The van der Waals surface area contributed by atoms with E-state index in [4.69, 9.17) is 5.11 Å². The Hall–Kier alpha value is -1.05. The molecule has 0 saturated heterocycles. The average Bonchev–Trinajstić information content (AvgIpc) is 2.93. The molecular weight excluding hydrogens is 272 g/mol. The predicted octanol–water partition coefficient (Wildman–Crippen LogP) is 6.13. The van der Waals surface area contributed by atoms with Crippen molar-refractivity contribution in [1.29, 1.82) is 0 Å². The van der Waals surface area contributed by atoms with Crippen molar-refractivity contribution in [1.82, 2.24) is 0 Å². The minimum Gasteiger partial charge on any atom is -0.481 e. The van der Waals surface area contributed by atoms with Gasteiger partial charge < -0.3 is 5.11 Å². The summed E-state index contributed by atoms with van der Waals surface area (Å²) in [5.41, 5.74) is 0. The van der Waals surface area contributed by atoms with Gasteiger partial charge in [-0.05, 0) is 56.8 Å². The first-order chi connectivity index (χ1) is 10.7. The summed E-state index contributed by atoms with van der Waals surface area (Å²) in [4.78, 5) is 10.5. The van der Waals surface area contributed by atoms with Gasteiger partial charge in [-0.3, -0.25) is 4.79 Å². The smallest absolute Gasteiger partial charge is 0.303 e. The van der Waals surface area contributed by atoms with Crippen LogP contribution in [0.15, 0.2) is 24.3 Å². The number of carboxylic acids is 1. The van der Waals surface area contributed by atoms with Gasteiger partial charge in [-0.25, -0.2) is 0 Å². The highest BCUT2D eigenvalue weighted by atomic mass is 16.4. The molecular formula is C20H34O2. The lowest BCUT2D eigenvalue weighted by atomic mass is 9.90. The molecule has 1 rings (SSSR count). The standard InChI is InChI=1S/C20H34O2/c1-2-3-4-5-6-9-13-18-15-12-16-19(18)14-10-7-8-11-17-20(21)22/h3-4,9,13,18-19H,2,5-8,10-12,14-17H2,1H3,(H,21,22)/b4-3-,13-9+/t18-,19-/m0/s1. The van der Waals surface area contributed by atoms with E-state index < -0.39 is 5.97 Å². The third kappa shape index (κ3) is 9.07. The van der Waals surface area contributed by atoms with Gasteiger partial charge in [0.05, 0.1) is 0 Å². The fourth-order valence-corrected chi connectivity index (χ4v) is 3.46. The lowest BCUT2D eigenvalue weighted by Gasteiger charge is -2.16. The predicted molar refractivity (Wildman–Crippen MR) is 94.0 cm³/mol. The third-order valence-electron chi connectivity index (χ3n) is 4.72. The van der Waals surface area contributed by atoms with Crippen molar-refractivity contribution in [2.75, 3.05) is 0 Å². The summed E-state index contributed by atoms with van der Waals surface area (Å²) in [6, 6.07) is 0. The van der Waals surface area contributed by atoms with Crippen molar-refractivity contribution in [3.8, 4) is 0 Å². The van der Waals surface area contributed by atoms with Crippen LogP contribution in [0.2, 0.25) is 0 Å². The average molecular weight is 306 g/mol. The van der Waals surface area contributed by atoms with Crippen LogP contribution < -0.4 is 0 Å². The first kappa shape index (κ1) is 19.0. The van der Waals surface area contributed by atoms with Gasteiger partial charge in [-0.1, -0.05) is 56.9 Å². The van der Waals surface area contributed by atoms with E-state index in [1.54, 1.807) is 0 Å². The second-order valence-corrected chi connectivity index (χ2v) is 6.59. The Kier molecular flexibility index (Phi) is 10.8. The Labute approximate surface area is 136 Å². The molecule has 2 atom stereocenters. The van der Waals surface area contributed by atoms with Crippen LogP contribution in [0.5, 0.6) is 0 Å². The highest BCUT2D eigenvalue weighted by molar-refractivity contribution is 5.66. The van der Waals surface area contributed by atoms with Crippen LogP contribution >= 0.6 is 0 Å². The van der Waals surface area contributed by atoms with E-state index in [0.717, 1.165) is 31.1 Å².